The zero-order valence-electron chi connectivity index (χ0n) is 12.1. The lowest BCUT2D eigenvalue weighted by Gasteiger charge is -2.45. The van der Waals surface area contributed by atoms with E-state index in [1.165, 1.54) is 24.8 Å². The molecular weight excluding hydrogens is 226 g/mol. The van der Waals surface area contributed by atoms with Crippen LogP contribution < -0.4 is 0 Å². The van der Waals surface area contributed by atoms with E-state index in [0.717, 1.165) is 13.0 Å². The highest BCUT2D eigenvalue weighted by molar-refractivity contribution is 5.95. The summed E-state index contributed by atoms with van der Waals surface area (Å²) in [5.74, 6) is 1.36. The van der Waals surface area contributed by atoms with Gasteiger partial charge in [0.15, 0.2) is 11.5 Å². The highest BCUT2D eigenvalue weighted by atomic mass is 16.5. The van der Waals surface area contributed by atoms with Gasteiger partial charge in [0, 0.05) is 13.0 Å². The summed E-state index contributed by atoms with van der Waals surface area (Å²) in [6.07, 6.45) is 5.30. The fourth-order valence-electron chi connectivity index (χ4n) is 3.73. The second kappa shape index (κ2) is 5.04. The van der Waals surface area contributed by atoms with Crippen LogP contribution in [0.4, 0.5) is 0 Å². The van der Waals surface area contributed by atoms with Crippen molar-refractivity contribution in [2.45, 2.75) is 39.0 Å². The molecule has 0 bridgehead atoms. The minimum absolute atomic E-state index is 0.193. The molecule has 0 N–H and O–H groups in total. The Bertz CT molecular complexity index is 373. The number of methoxy groups -OCH3 is 1. The molecule has 0 aromatic heterocycles. The van der Waals surface area contributed by atoms with Crippen LogP contribution in [0.3, 0.4) is 0 Å². The van der Waals surface area contributed by atoms with Crippen molar-refractivity contribution in [2.75, 3.05) is 27.7 Å². The predicted molar refractivity (Wildman–Crippen MR) is 72.3 cm³/mol. The van der Waals surface area contributed by atoms with Gasteiger partial charge < -0.3 is 9.64 Å². The lowest BCUT2D eigenvalue weighted by Crippen LogP contribution is -2.39. The Labute approximate surface area is 110 Å². The quantitative estimate of drug-likeness (QED) is 0.772. The van der Waals surface area contributed by atoms with Crippen molar-refractivity contribution in [3.8, 4) is 0 Å². The maximum Gasteiger partial charge on any atom is 0.197 e. The lowest BCUT2D eigenvalue weighted by atomic mass is 9.61. The highest BCUT2D eigenvalue weighted by Crippen LogP contribution is 2.51. The SMILES string of the molecule is COC1=C2[C@H](CN(C)C)CCC[C@@]2(C)CCC1=O. The molecule has 0 saturated heterocycles. The number of hydrogen-bond acceptors (Lipinski definition) is 3. The second-order valence-corrected chi connectivity index (χ2v) is 6.28. The molecule has 0 unspecified atom stereocenters. The summed E-state index contributed by atoms with van der Waals surface area (Å²) in [6, 6.07) is 0. The van der Waals surface area contributed by atoms with Crippen molar-refractivity contribution in [3.63, 3.8) is 0 Å². The number of nitrogens with zero attached hydrogens (tertiary/aromatic N) is 1. The van der Waals surface area contributed by atoms with E-state index in [-0.39, 0.29) is 11.2 Å². The van der Waals surface area contributed by atoms with E-state index in [1.54, 1.807) is 7.11 Å². The molecule has 2 aliphatic carbocycles. The number of fused-ring (bicyclic) bond motifs is 1. The molecule has 0 aliphatic heterocycles. The van der Waals surface area contributed by atoms with Gasteiger partial charge in [0.2, 0.25) is 0 Å². The van der Waals surface area contributed by atoms with Crippen LogP contribution in [0.15, 0.2) is 11.3 Å². The molecule has 0 amide bonds. The Morgan fingerprint density at radius 1 is 1.39 bits per heavy atom. The largest absolute Gasteiger partial charge is 0.493 e. The molecule has 2 aliphatic rings. The Morgan fingerprint density at radius 2 is 2.11 bits per heavy atom. The van der Waals surface area contributed by atoms with Crippen molar-refractivity contribution in [2.24, 2.45) is 11.3 Å². The van der Waals surface area contributed by atoms with Crippen LogP contribution in [0.5, 0.6) is 0 Å². The van der Waals surface area contributed by atoms with Crippen LogP contribution in [-0.2, 0) is 9.53 Å². The van der Waals surface area contributed by atoms with Gasteiger partial charge in [-0.25, -0.2) is 0 Å². The smallest absolute Gasteiger partial charge is 0.197 e. The molecule has 1 saturated carbocycles. The standard InChI is InChI=1S/C15H25NO2/c1-15-8-5-6-11(10-16(2)3)13(15)14(18-4)12(17)7-9-15/h11H,5-10H2,1-4H3/t11-,15-/m0/s1. The van der Waals surface area contributed by atoms with Crippen LogP contribution in [0.1, 0.15) is 39.0 Å². The molecule has 102 valence electrons. The van der Waals surface area contributed by atoms with E-state index in [0.29, 0.717) is 18.1 Å². The van der Waals surface area contributed by atoms with E-state index in [4.69, 9.17) is 4.74 Å². The fourth-order valence-corrected chi connectivity index (χ4v) is 3.73. The van der Waals surface area contributed by atoms with Crippen LogP contribution in [0.25, 0.3) is 0 Å². The van der Waals surface area contributed by atoms with Gasteiger partial charge in [0.1, 0.15) is 0 Å². The van der Waals surface area contributed by atoms with Crippen molar-refractivity contribution in [3.05, 3.63) is 11.3 Å². The Kier molecular flexibility index (Phi) is 3.81. The topological polar surface area (TPSA) is 29.5 Å². The van der Waals surface area contributed by atoms with Crippen LogP contribution in [-0.4, -0.2) is 38.4 Å². The molecule has 3 heteroatoms. The van der Waals surface area contributed by atoms with Crippen LogP contribution in [0, 0.1) is 11.3 Å². The molecule has 3 nitrogen and oxygen atoms in total. The average Bonchev–Trinajstić information content (AvgIpc) is 2.30. The number of ketones is 1. The Morgan fingerprint density at radius 3 is 2.72 bits per heavy atom. The molecule has 0 radical (unpaired) electrons. The van der Waals surface area contributed by atoms with Gasteiger partial charge in [-0.1, -0.05) is 13.3 Å². The molecule has 0 aromatic carbocycles. The van der Waals surface area contributed by atoms with Gasteiger partial charge in [0.25, 0.3) is 0 Å². The van der Waals surface area contributed by atoms with Gasteiger partial charge in [-0.2, -0.15) is 0 Å². The summed E-state index contributed by atoms with van der Waals surface area (Å²) in [5.41, 5.74) is 1.50. The first-order chi connectivity index (χ1) is 8.48. The zero-order chi connectivity index (χ0) is 13.3. The molecule has 1 fully saturated rings. The number of carbonyl (C=O) groups excluding carboxylic acids is 1. The maximum atomic E-state index is 12.1. The third-order valence-electron chi connectivity index (χ3n) is 4.53. The first-order valence-electron chi connectivity index (χ1n) is 6.94. The number of Topliss-reactive ketones (excluding diaryl/α,β-unsaturated/α-hetero) is 1. The van der Waals surface area contributed by atoms with Gasteiger partial charge in [-0.3, -0.25) is 4.79 Å². The Hall–Kier alpha value is -0.830. The molecule has 0 aromatic rings. The van der Waals surface area contributed by atoms with Crippen molar-refractivity contribution >= 4 is 5.78 Å². The fraction of sp³-hybridized carbons (Fsp3) is 0.800. The number of hydrogen-bond donors (Lipinski definition) is 0. The summed E-state index contributed by atoms with van der Waals surface area (Å²) in [5, 5.41) is 0. The van der Waals surface area contributed by atoms with Gasteiger partial charge in [0.05, 0.1) is 7.11 Å². The van der Waals surface area contributed by atoms with E-state index in [1.807, 2.05) is 0 Å². The summed E-state index contributed by atoms with van der Waals surface area (Å²) < 4.78 is 5.46. The Balaban J connectivity index is 2.41. The molecule has 2 rings (SSSR count). The second-order valence-electron chi connectivity index (χ2n) is 6.28. The third-order valence-corrected chi connectivity index (χ3v) is 4.53. The monoisotopic (exact) mass is 251 g/mol. The van der Waals surface area contributed by atoms with E-state index < -0.39 is 0 Å². The maximum absolute atomic E-state index is 12.1. The number of carbonyl (C=O) groups is 1. The molecule has 0 heterocycles. The zero-order valence-corrected chi connectivity index (χ0v) is 12.1. The molecular formula is C15H25NO2. The third kappa shape index (κ3) is 2.33. The average molecular weight is 251 g/mol. The van der Waals surface area contributed by atoms with E-state index in [2.05, 4.69) is 25.9 Å². The van der Waals surface area contributed by atoms with Crippen molar-refractivity contribution in [1.82, 2.24) is 4.90 Å². The van der Waals surface area contributed by atoms with Gasteiger partial charge in [-0.15, -0.1) is 0 Å². The van der Waals surface area contributed by atoms with Gasteiger partial charge >= 0.3 is 0 Å². The summed E-state index contributed by atoms with van der Waals surface area (Å²) in [7, 11) is 5.85. The van der Waals surface area contributed by atoms with E-state index in [9.17, 15) is 4.79 Å². The van der Waals surface area contributed by atoms with Crippen LogP contribution in [0.2, 0.25) is 0 Å². The summed E-state index contributed by atoms with van der Waals surface area (Å²) in [6.45, 7) is 3.33. The minimum Gasteiger partial charge on any atom is -0.493 e. The molecule has 0 spiro atoms. The van der Waals surface area contributed by atoms with E-state index >= 15 is 0 Å². The van der Waals surface area contributed by atoms with Crippen molar-refractivity contribution in [1.29, 1.82) is 0 Å². The first kappa shape index (κ1) is 13.6. The highest BCUT2D eigenvalue weighted by Gasteiger charge is 2.44. The predicted octanol–water partition coefficient (Wildman–Crippen LogP) is 2.62. The molecule has 2 atom stereocenters. The summed E-state index contributed by atoms with van der Waals surface area (Å²) in [4.78, 5) is 14.3. The normalized spacial score (nSPS) is 32.7. The number of allylic oxidation sites excluding steroid dienone is 1. The van der Waals surface area contributed by atoms with Gasteiger partial charge in [-0.05, 0) is 50.3 Å². The minimum atomic E-state index is 0.193. The molecule has 18 heavy (non-hydrogen) atoms. The summed E-state index contributed by atoms with van der Waals surface area (Å²) >= 11 is 0. The first-order valence-corrected chi connectivity index (χ1v) is 6.94. The van der Waals surface area contributed by atoms with Crippen LogP contribution >= 0.6 is 0 Å². The number of rotatable bonds is 3. The number of ether oxygens (including phenoxy) is 1. The lowest BCUT2D eigenvalue weighted by molar-refractivity contribution is -0.120. The van der Waals surface area contributed by atoms with Crippen molar-refractivity contribution < 1.29 is 9.53 Å².